The fourth-order valence-corrected chi connectivity index (χ4v) is 3.83. The average molecular weight is 433 g/mol. The minimum Gasteiger partial charge on any atom is -0.348 e. The molecule has 4 rings (SSSR count). The fraction of sp³-hybridized carbons (Fsp3) is 0.292. The van der Waals surface area contributed by atoms with E-state index in [1.165, 1.54) is 18.3 Å². The van der Waals surface area contributed by atoms with Crippen LogP contribution in [0.5, 0.6) is 0 Å². The van der Waals surface area contributed by atoms with E-state index in [2.05, 4.69) is 20.3 Å². The summed E-state index contributed by atoms with van der Waals surface area (Å²) in [6, 6.07) is 11.0. The monoisotopic (exact) mass is 433 g/mol. The van der Waals surface area contributed by atoms with Crippen molar-refractivity contribution in [1.29, 1.82) is 0 Å². The van der Waals surface area contributed by atoms with Crippen molar-refractivity contribution in [1.82, 2.24) is 25.2 Å². The van der Waals surface area contributed by atoms with Gasteiger partial charge in [-0.05, 0) is 56.0 Å². The molecule has 0 saturated carbocycles. The van der Waals surface area contributed by atoms with Crippen molar-refractivity contribution in [2.75, 3.05) is 6.54 Å². The molecule has 0 spiro atoms. The highest BCUT2D eigenvalue weighted by Gasteiger charge is 2.31. The second-order valence-electron chi connectivity index (χ2n) is 7.76. The maximum atomic E-state index is 13.0. The number of aromatic nitrogens is 3. The van der Waals surface area contributed by atoms with Crippen molar-refractivity contribution in [3.05, 3.63) is 89.0 Å². The minimum atomic E-state index is -0.321. The molecule has 1 unspecified atom stereocenters. The predicted molar refractivity (Wildman–Crippen MR) is 116 cm³/mol. The van der Waals surface area contributed by atoms with Gasteiger partial charge >= 0.3 is 0 Å². The van der Waals surface area contributed by atoms with Crippen LogP contribution < -0.4 is 5.32 Å². The first-order valence-corrected chi connectivity index (χ1v) is 10.6. The number of nitrogens with one attached hydrogen (secondary N) is 1. The topological polar surface area (TPSA) is 88.1 Å². The second kappa shape index (κ2) is 9.64. The molecule has 1 N–H and O–H groups in total. The number of benzene rings is 1. The molecule has 1 atom stereocenters. The third-order valence-electron chi connectivity index (χ3n) is 5.55. The van der Waals surface area contributed by atoms with E-state index in [1.54, 1.807) is 48.4 Å². The zero-order valence-electron chi connectivity index (χ0n) is 17.8. The van der Waals surface area contributed by atoms with Gasteiger partial charge in [0.25, 0.3) is 11.8 Å². The molecule has 8 heteroatoms. The number of hydrogen-bond acceptors (Lipinski definition) is 5. The lowest BCUT2D eigenvalue weighted by Gasteiger charge is -2.34. The standard InChI is InChI=1S/C24H24FN5O2/c1-16-19(23(31)28-14-17-8-10-18(25)11-9-17)15-27-22(29-16)21-7-3-5-13-30(21)24(32)20-6-2-4-12-26-20/h2,4,6,8-12,15,21H,3,5,7,13-14H2,1H3,(H,28,31). The Kier molecular flexibility index (Phi) is 6.49. The van der Waals surface area contributed by atoms with E-state index >= 15 is 0 Å². The van der Waals surface area contributed by atoms with E-state index in [4.69, 9.17) is 0 Å². The molecule has 1 aromatic carbocycles. The van der Waals surface area contributed by atoms with Crippen LogP contribution in [-0.2, 0) is 6.54 Å². The zero-order chi connectivity index (χ0) is 22.5. The van der Waals surface area contributed by atoms with Gasteiger partial charge < -0.3 is 10.2 Å². The summed E-state index contributed by atoms with van der Waals surface area (Å²) in [5.41, 5.74) is 2.10. The van der Waals surface area contributed by atoms with Crippen molar-refractivity contribution in [3.63, 3.8) is 0 Å². The first-order chi connectivity index (χ1) is 15.5. The number of hydrogen-bond donors (Lipinski definition) is 1. The van der Waals surface area contributed by atoms with Gasteiger partial charge in [0.1, 0.15) is 11.5 Å². The Labute approximate surface area is 185 Å². The highest BCUT2D eigenvalue weighted by Crippen LogP contribution is 2.30. The van der Waals surface area contributed by atoms with E-state index in [0.29, 0.717) is 29.3 Å². The number of carbonyl (C=O) groups excluding carboxylic acids is 2. The summed E-state index contributed by atoms with van der Waals surface area (Å²) in [7, 11) is 0. The average Bonchev–Trinajstić information content (AvgIpc) is 2.83. The van der Waals surface area contributed by atoms with Crippen molar-refractivity contribution < 1.29 is 14.0 Å². The molecule has 0 bridgehead atoms. The van der Waals surface area contributed by atoms with Crippen LogP contribution >= 0.6 is 0 Å². The third kappa shape index (κ3) is 4.80. The molecule has 1 saturated heterocycles. The van der Waals surface area contributed by atoms with Crippen LogP contribution in [0, 0.1) is 12.7 Å². The molecule has 164 valence electrons. The maximum absolute atomic E-state index is 13.0. The summed E-state index contributed by atoms with van der Waals surface area (Å²) >= 11 is 0. The number of rotatable bonds is 5. The predicted octanol–water partition coefficient (Wildman–Crippen LogP) is 3.62. The lowest BCUT2D eigenvalue weighted by molar-refractivity contribution is 0.0593. The quantitative estimate of drug-likeness (QED) is 0.664. The molecule has 32 heavy (non-hydrogen) atoms. The van der Waals surface area contributed by atoms with Crippen molar-refractivity contribution in [2.24, 2.45) is 0 Å². The van der Waals surface area contributed by atoms with Gasteiger partial charge in [0.15, 0.2) is 5.82 Å². The SMILES string of the molecule is Cc1nc(C2CCCCN2C(=O)c2ccccn2)ncc1C(=O)NCc1ccc(F)cc1. The van der Waals surface area contributed by atoms with Crippen LogP contribution in [0.3, 0.4) is 0 Å². The molecule has 7 nitrogen and oxygen atoms in total. The molecule has 1 aliphatic rings. The van der Waals surface area contributed by atoms with Crippen molar-refractivity contribution in [2.45, 2.75) is 38.8 Å². The maximum Gasteiger partial charge on any atom is 0.273 e. The van der Waals surface area contributed by atoms with Gasteiger partial charge in [-0.3, -0.25) is 14.6 Å². The number of likely N-dealkylation sites (tertiary alicyclic amines) is 1. The first kappa shape index (κ1) is 21.5. The van der Waals surface area contributed by atoms with Gasteiger partial charge in [-0.1, -0.05) is 18.2 Å². The normalized spacial score (nSPS) is 15.9. The Hall–Kier alpha value is -3.68. The second-order valence-corrected chi connectivity index (χ2v) is 7.76. The Bertz CT molecular complexity index is 1110. The van der Waals surface area contributed by atoms with Crippen molar-refractivity contribution >= 4 is 11.8 Å². The number of pyridine rings is 1. The first-order valence-electron chi connectivity index (χ1n) is 10.6. The van der Waals surface area contributed by atoms with E-state index in [1.807, 2.05) is 0 Å². The number of aryl methyl sites for hydroxylation is 1. The van der Waals surface area contributed by atoms with E-state index in [9.17, 15) is 14.0 Å². The van der Waals surface area contributed by atoms with Crippen LogP contribution in [0.15, 0.2) is 54.9 Å². The molecule has 0 radical (unpaired) electrons. The van der Waals surface area contributed by atoms with Gasteiger partial charge in [-0.25, -0.2) is 14.4 Å². The van der Waals surface area contributed by atoms with Crippen LogP contribution in [0.4, 0.5) is 4.39 Å². The number of piperidine rings is 1. The Morgan fingerprint density at radius 1 is 1.12 bits per heavy atom. The van der Waals surface area contributed by atoms with Crippen LogP contribution in [0.25, 0.3) is 0 Å². The molecule has 2 amide bonds. The van der Waals surface area contributed by atoms with E-state index in [-0.39, 0.29) is 30.2 Å². The number of carbonyl (C=O) groups is 2. The number of halogens is 1. The fourth-order valence-electron chi connectivity index (χ4n) is 3.83. The van der Waals surface area contributed by atoms with Gasteiger partial charge in [0, 0.05) is 25.5 Å². The minimum absolute atomic E-state index is 0.141. The summed E-state index contributed by atoms with van der Waals surface area (Å²) < 4.78 is 13.0. The highest BCUT2D eigenvalue weighted by molar-refractivity contribution is 5.95. The highest BCUT2D eigenvalue weighted by atomic mass is 19.1. The van der Waals surface area contributed by atoms with Gasteiger partial charge in [-0.15, -0.1) is 0 Å². The largest absolute Gasteiger partial charge is 0.348 e. The lowest BCUT2D eigenvalue weighted by atomic mass is 10.0. The van der Waals surface area contributed by atoms with Crippen LogP contribution in [0.1, 0.15) is 63.2 Å². The molecule has 1 aliphatic heterocycles. The zero-order valence-corrected chi connectivity index (χ0v) is 17.8. The lowest BCUT2D eigenvalue weighted by Crippen LogP contribution is -2.39. The van der Waals surface area contributed by atoms with Crippen LogP contribution in [-0.4, -0.2) is 38.2 Å². The Morgan fingerprint density at radius 2 is 1.94 bits per heavy atom. The van der Waals surface area contributed by atoms with Crippen LogP contribution in [0.2, 0.25) is 0 Å². The Morgan fingerprint density at radius 3 is 2.66 bits per heavy atom. The Balaban J connectivity index is 1.49. The molecular formula is C24H24FN5O2. The summed E-state index contributed by atoms with van der Waals surface area (Å²) in [6.07, 6.45) is 5.76. The summed E-state index contributed by atoms with van der Waals surface area (Å²) in [4.78, 5) is 40.6. The van der Waals surface area contributed by atoms with Gasteiger partial charge in [0.05, 0.1) is 17.3 Å². The summed E-state index contributed by atoms with van der Waals surface area (Å²) in [5, 5.41) is 2.81. The molecule has 1 fully saturated rings. The smallest absolute Gasteiger partial charge is 0.273 e. The van der Waals surface area contributed by atoms with Gasteiger partial charge in [0.2, 0.25) is 0 Å². The summed E-state index contributed by atoms with van der Waals surface area (Å²) in [6.45, 7) is 2.64. The number of amides is 2. The van der Waals surface area contributed by atoms with E-state index < -0.39 is 0 Å². The van der Waals surface area contributed by atoms with Gasteiger partial charge in [-0.2, -0.15) is 0 Å². The molecular weight excluding hydrogens is 409 g/mol. The van der Waals surface area contributed by atoms with Crippen molar-refractivity contribution in [3.8, 4) is 0 Å². The summed E-state index contributed by atoms with van der Waals surface area (Å²) in [5.74, 6) is -0.235. The molecule has 0 aliphatic carbocycles. The molecule has 2 aromatic heterocycles. The number of nitrogens with zero attached hydrogens (tertiary/aromatic N) is 4. The van der Waals surface area contributed by atoms with E-state index in [0.717, 1.165) is 24.8 Å². The third-order valence-corrected chi connectivity index (χ3v) is 5.55. The molecule has 3 heterocycles. The molecule has 3 aromatic rings.